The van der Waals surface area contributed by atoms with Crippen LogP contribution in [0.3, 0.4) is 0 Å². The maximum absolute atomic E-state index is 12.9. The van der Waals surface area contributed by atoms with Crippen LogP contribution in [-0.4, -0.2) is 24.2 Å². The average molecular weight is 280 g/mol. The van der Waals surface area contributed by atoms with Crippen molar-refractivity contribution >= 4 is 0 Å². The first-order chi connectivity index (χ1) is 9.79. The van der Waals surface area contributed by atoms with Gasteiger partial charge in [-0.25, -0.2) is 4.39 Å². The Labute approximate surface area is 120 Å². The summed E-state index contributed by atoms with van der Waals surface area (Å²) in [5.74, 6) is -0.288. The van der Waals surface area contributed by atoms with Crippen molar-refractivity contribution in [1.82, 2.24) is 10.3 Å². The molecule has 0 spiro atoms. The lowest BCUT2D eigenvalue weighted by Crippen LogP contribution is -2.28. The molecule has 0 amide bonds. The number of halogens is 1. The molecule has 1 heterocycles. The van der Waals surface area contributed by atoms with E-state index in [1.165, 1.54) is 44.4 Å². The van der Waals surface area contributed by atoms with Gasteiger partial charge in [0.2, 0.25) is 0 Å². The summed E-state index contributed by atoms with van der Waals surface area (Å²) in [7, 11) is 0. The third kappa shape index (κ3) is 4.84. The Morgan fingerprint density at radius 3 is 2.80 bits per heavy atom. The minimum absolute atomic E-state index is 0.172. The highest BCUT2D eigenvalue weighted by atomic mass is 19.1. The molecule has 0 aliphatic heterocycles. The van der Waals surface area contributed by atoms with E-state index in [-0.39, 0.29) is 11.9 Å². The molecule has 1 unspecified atom stereocenters. The Bertz CT molecular complexity index is 377. The van der Waals surface area contributed by atoms with E-state index < -0.39 is 0 Å². The summed E-state index contributed by atoms with van der Waals surface area (Å²) in [6, 6.07) is 3.38. The molecule has 2 rings (SSSR count). The largest absolute Gasteiger partial charge is 0.377 e. The lowest BCUT2D eigenvalue weighted by molar-refractivity contribution is 0.0293. The van der Waals surface area contributed by atoms with Crippen LogP contribution in [0, 0.1) is 5.82 Å². The van der Waals surface area contributed by atoms with Crippen LogP contribution in [0.25, 0.3) is 0 Å². The summed E-state index contributed by atoms with van der Waals surface area (Å²) in [5.41, 5.74) is 0.895. The van der Waals surface area contributed by atoms with Crippen LogP contribution in [0.2, 0.25) is 0 Å². The summed E-state index contributed by atoms with van der Waals surface area (Å²) in [6.45, 7) is 3.65. The number of ether oxygens (including phenoxy) is 1. The first-order valence-corrected chi connectivity index (χ1v) is 7.76. The van der Waals surface area contributed by atoms with Crippen molar-refractivity contribution in [3.63, 3.8) is 0 Å². The maximum atomic E-state index is 12.9. The molecule has 0 radical (unpaired) electrons. The van der Waals surface area contributed by atoms with Gasteiger partial charge in [-0.1, -0.05) is 26.2 Å². The van der Waals surface area contributed by atoms with E-state index in [1.54, 1.807) is 6.07 Å². The number of hydrogen-bond acceptors (Lipinski definition) is 3. The predicted molar refractivity (Wildman–Crippen MR) is 78.1 cm³/mol. The van der Waals surface area contributed by atoms with E-state index in [1.807, 2.05) is 0 Å². The second-order valence-electron chi connectivity index (χ2n) is 5.45. The SMILES string of the molecule is CCC(NCCOC1CCCCC1)c1ccc(F)cn1. The minimum Gasteiger partial charge on any atom is -0.377 e. The summed E-state index contributed by atoms with van der Waals surface area (Å²) >= 11 is 0. The highest BCUT2D eigenvalue weighted by Gasteiger charge is 2.14. The monoisotopic (exact) mass is 280 g/mol. The van der Waals surface area contributed by atoms with Crippen LogP contribution < -0.4 is 5.32 Å². The van der Waals surface area contributed by atoms with Gasteiger partial charge in [0, 0.05) is 12.6 Å². The lowest BCUT2D eigenvalue weighted by Gasteiger charge is -2.23. The third-order valence-electron chi connectivity index (χ3n) is 3.91. The average Bonchev–Trinajstić information content (AvgIpc) is 2.50. The molecule has 1 aromatic heterocycles. The zero-order valence-corrected chi connectivity index (χ0v) is 12.3. The molecular formula is C16H25FN2O. The van der Waals surface area contributed by atoms with Crippen LogP contribution >= 0.6 is 0 Å². The molecule has 20 heavy (non-hydrogen) atoms. The molecule has 0 saturated heterocycles. The quantitative estimate of drug-likeness (QED) is 0.775. The fourth-order valence-electron chi connectivity index (χ4n) is 2.74. The highest BCUT2D eigenvalue weighted by Crippen LogP contribution is 2.20. The van der Waals surface area contributed by atoms with Crippen LogP contribution in [-0.2, 0) is 4.74 Å². The van der Waals surface area contributed by atoms with E-state index in [0.717, 1.165) is 25.3 Å². The number of pyridine rings is 1. The fraction of sp³-hybridized carbons (Fsp3) is 0.688. The van der Waals surface area contributed by atoms with Gasteiger partial charge < -0.3 is 10.1 Å². The van der Waals surface area contributed by atoms with Crippen molar-refractivity contribution in [1.29, 1.82) is 0 Å². The number of aromatic nitrogens is 1. The van der Waals surface area contributed by atoms with Crippen molar-refractivity contribution < 1.29 is 9.13 Å². The molecule has 0 aromatic carbocycles. The number of nitrogens with zero attached hydrogens (tertiary/aromatic N) is 1. The van der Waals surface area contributed by atoms with Gasteiger partial charge in [0.15, 0.2) is 0 Å². The Morgan fingerprint density at radius 2 is 2.15 bits per heavy atom. The van der Waals surface area contributed by atoms with Crippen molar-refractivity contribution in [2.45, 2.75) is 57.6 Å². The number of hydrogen-bond donors (Lipinski definition) is 1. The molecular weight excluding hydrogens is 255 g/mol. The molecule has 1 N–H and O–H groups in total. The fourth-order valence-corrected chi connectivity index (χ4v) is 2.74. The molecule has 1 aliphatic carbocycles. The Hall–Kier alpha value is -1.00. The van der Waals surface area contributed by atoms with Gasteiger partial charge in [0.1, 0.15) is 5.82 Å². The summed E-state index contributed by atoms with van der Waals surface area (Å²) in [4.78, 5) is 4.14. The molecule has 1 fully saturated rings. The van der Waals surface area contributed by atoms with Crippen LogP contribution in [0.15, 0.2) is 18.3 Å². The molecule has 1 aliphatic rings. The normalized spacial score (nSPS) is 18.1. The standard InChI is InChI=1S/C16H25FN2O/c1-2-15(16-9-8-13(17)12-19-16)18-10-11-20-14-6-4-3-5-7-14/h8-9,12,14-15,18H,2-7,10-11H2,1H3. The first-order valence-electron chi connectivity index (χ1n) is 7.76. The van der Waals surface area contributed by atoms with Gasteiger partial charge in [0.05, 0.1) is 24.6 Å². The molecule has 4 heteroatoms. The van der Waals surface area contributed by atoms with Gasteiger partial charge in [-0.15, -0.1) is 0 Å². The van der Waals surface area contributed by atoms with Gasteiger partial charge in [-0.3, -0.25) is 4.98 Å². The smallest absolute Gasteiger partial charge is 0.141 e. The van der Waals surface area contributed by atoms with Crippen molar-refractivity contribution in [3.8, 4) is 0 Å². The topological polar surface area (TPSA) is 34.1 Å². The predicted octanol–water partition coefficient (Wildman–Crippen LogP) is 3.61. The zero-order valence-electron chi connectivity index (χ0n) is 12.3. The lowest BCUT2D eigenvalue weighted by atomic mass is 9.98. The van der Waals surface area contributed by atoms with E-state index >= 15 is 0 Å². The third-order valence-corrected chi connectivity index (χ3v) is 3.91. The molecule has 3 nitrogen and oxygen atoms in total. The van der Waals surface area contributed by atoms with Gasteiger partial charge in [-0.05, 0) is 31.4 Å². The van der Waals surface area contributed by atoms with Gasteiger partial charge >= 0.3 is 0 Å². The number of nitrogens with one attached hydrogen (secondary N) is 1. The molecule has 1 saturated carbocycles. The second kappa shape index (κ2) is 8.32. The summed E-state index contributed by atoms with van der Waals surface area (Å²) < 4.78 is 18.8. The van der Waals surface area contributed by atoms with E-state index in [4.69, 9.17) is 4.74 Å². The second-order valence-corrected chi connectivity index (χ2v) is 5.45. The van der Waals surface area contributed by atoms with Crippen molar-refractivity contribution in [3.05, 3.63) is 29.8 Å². The summed E-state index contributed by atoms with van der Waals surface area (Å²) in [6.07, 6.45) is 9.03. The van der Waals surface area contributed by atoms with Crippen molar-refractivity contribution in [2.24, 2.45) is 0 Å². The van der Waals surface area contributed by atoms with Crippen LogP contribution in [0.1, 0.15) is 57.2 Å². The van der Waals surface area contributed by atoms with Gasteiger partial charge in [0.25, 0.3) is 0 Å². The van der Waals surface area contributed by atoms with Gasteiger partial charge in [-0.2, -0.15) is 0 Å². The number of rotatable bonds is 7. The van der Waals surface area contributed by atoms with Crippen LogP contribution in [0.4, 0.5) is 4.39 Å². The maximum Gasteiger partial charge on any atom is 0.141 e. The molecule has 0 bridgehead atoms. The van der Waals surface area contributed by atoms with E-state index in [0.29, 0.717) is 6.10 Å². The zero-order chi connectivity index (χ0) is 14.2. The van der Waals surface area contributed by atoms with Crippen LogP contribution in [0.5, 0.6) is 0 Å². The minimum atomic E-state index is -0.288. The summed E-state index contributed by atoms with van der Waals surface area (Å²) in [5, 5.41) is 3.43. The molecule has 1 aromatic rings. The van der Waals surface area contributed by atoms with Crippen molar-refractivity contribution in [2.75, 3.05) is 13.2 Å². The van der Waals surface area contributed by atoms with E-state index in [9.17, 15) is 4.39 Å². The Balaban J connectivity index is 1.69. The van der Waals surface area contributed by atoms with E-state index in [2.05, 4.69) is 17.2 Å². The molecule has 112 valence electrons. The molecule has 1 atom stereocenters. The first kappa shape index (κ1) is 15.4. The Kier molecular flexibility index (Phi) is 6.40. The Morgan fingerprint density at radius 1 is 1.35 bits per heavy atom. The highest BCUT2D eigenvalue weighted by molar-refractivity contribution is 5.09.